The van der Waals surface area contributed by atoms with E-state index in [2.05, 4.69) is 15.2 Å². The maximum Gasteiger partial charge on any atom is 0.258 e. The molecule has 0 bridgehead atoms. The predicted octanol–water partition coefficient (Wildman–Crippen LogP) is 4.01. The standard InChI is InChI=1S/C21H27ClN4O3S/c1-3-26(4-2)30(28,29)16-10-11-19(25-13-6-5-7-14-25)18(15-16)24-21(27)17-9-8-12-23-20(17)22/h8-12,15H,3-7,13-14H2,1-2H3,(H,24,27). The lowest BCUT2D eigenvalue weighted by molar-refractivity contribution is 0.102. The number of piperidine rings is 1. The van der Waals surface area contributed by atoms with Crippen LogP contribution < -0.4 is 10.2 Å². The van der Waals surface area contributed by atoms with Crippen LogP contribution in [-0.4, -0.2) is 49.8 Å². The molecule has 3 rings (SSSR count). The second kappa shape index (κ2) is 9.76. The largest absolute Gasteiger partial charge is 0.370 e. The Morgan fingerprint density at radius 2 is 1.87 bits per heavy atom. The second-order valence-electron chi connectivity index (χ2n) is 7.11. The summed E-state index contributed by atoms with van der Waals surface area (Å²) in [6.07, 6.45) is 4.79. The van der Waals surface area contributed by atoms with Gasteiger partial charge in [0.1, 0.15) is 5.15 Å². The van der Waals surface area contributed by atoms with Crippen molar-refractivity contribution in [1.82, 2.24) is 9.29 Å². The molecule has 0 radical (unpaired) electrons. The van der Waals surface area contributed by atoms with Crippen molar-refractivity contribution in [2.75, 3.05) is 36.4 Å². The number of halogens is 1. The molecule has 162 valence electrons. The fraction of sp³-hybridized carbons (Fsp3) is 0.429. The Bertz CT molecular complexity index is 1000. The van der Waals surface area contributed by atoms with Crippen LogP contribution in [0.5, 0.6) is 0 Å². The molecule has 1 aromatic heterocycles. The Hall–Kier alpha value is -2.16. The zero-order valence-electron chi connectivity index (χ0n) is 17.3. The number of anilines is 2. The van der Waals surface area contributed by atoms with Gasteiger partial charge < -0.3 is 10.2 Å². The van der Waals surface area contributed by atoms with Gasteiger partial charge >= 0.3 is 0 Å². The molecule has 7 nitrogen and oxygen atoms in total. The molecule has 2 aromatic rings. The Kier molecular flexibility index (Phi) is 7.33. The summed E-state index contributed by atoms with van der Waals surface area (Å²) in [7, 11) is -3.65. The van der Waals surface area contributed by atoms with Gasteiger partial charge in [-0.1, -0.05) is 25.4 Å². The molecule has 1 aliphatic heterocycles. The van der Waals surface area contributed by atoms with Gasteiger partial charge in [0.25, 0.3) is 5.91 Å². The molecule has 1 aromatic carbocycles. The normalized spacial score (nSPS) is 14.7. The van der Waals surface area contributed by atoms with Crippen LogP contribution in [0.2, 0.25) is 5.15 Å². The van der Waals surface area contributed by atoms with Crippen LogP contribution in [0.25, 0.3) is 0 Å². The number of hydrogen-bond donors (Lipinski definition) is 1. The number of benzene rings is 1. The molecule has 0 aliphatic carbocycles. The average Bonchev–Trinajstić information content (AvgIpc) is 2.75. The predicted molar refractivity (Wildman–Crippen MR) is 120 cm³/mol. The highest BCUT2D eigenvalue weighted by Gasteiger charge is 2.25. The summed E-state index contributed by atoms with van der Waals surface area (Å²) >= 11 is 6.07. The molecule has 2 heterocycles. The molecule has 1 amide bonds. The van der Waals surface area contributed by atoms with Gasteiger partial charge in [0.05, 0.1) is 21.8 Å². The average molecular weight is 451 g/mol. The molecule has 0 spiro atoms. The van der Waals surface area contributed by atoms with E-state index in [1.807, 2.05) is 0 Å². The molecule has 1 fully saturated rings. The maximum atomic E-state index is 13.0. The van der Waals surface area contributed by atoms with Crippen LogP contribution in [-0.2, 0) is 10.0 Å². The van der Waals surface area contributed by atoms with E-state index in [-0.39, 0.29) is 15.6 Å². The first-order valence-corrected chi connectivity index (χ1v) is 12.0. The van der Waals surface area contributed by atoms with E-state index in [0.717, 1.165) is 38.0 Å². The van der Waals surface area contributed by atoms with Gasteiger partial charge in [0.2, 0.25) is 10.0 Å². The zero-order chi connectivity index (χ0) is 21.7. The van der Waals surface area contributed by atoms with E-state index in [9.17, 15) is 13.2 Å². The Morgan fingerprint density at radius 3 is 2.50 bits per heavy atom. The Morgan fingerprint density at radius 1 is 1.17 bits per heavy atom. The lowest BCUT2D eigenvalue weighted by Gasteiger charge is -2.31. The van der Waals surface area contributed by atoms with E-state index in [4.69, 9.17) is 11.6 Å². The number of carbonyl (C=O) groups is 1. The number of amides is 1. The van der Waals surface area contributed by atoms with Gasteiger partial charge in [0.15, 0.2) is 0 Å². The number of nitrogens with zero attached hydrogens (tertiary/aromatic N) is 3. The molecular formula is C21H27ClN4O3S. The number of sulfonamides is 1. The fourth-order valence-electron chi connectivity index (χ4n) is 3.64. The van der Waals surface area contributed by atoms with Crippen molar-refractivity contribution in [3.05, 3.63) is 47.2 Å². The number of aromatic nitrogens is 1. The fourth-order valence-corrected chi connectivity index (χ4v) is 5.33. The van der Waals surface area contributed by atoms with Crippen LogP contribution in [0.1, 0.15) is 43.5 Å². The molecule has 0 saturated carbocycles. The van der Waals surface area contributed by atoms with Crippen molar-refractivity contribution in [2.24, 2.45) is 0 Å². The molecule has 9 heteroatoms. The molecule has 1 aliphatic rings. The Labute approximate surface area is 183 Å². The van der Waals surface area contributed by atoms with Crippen molar-refractivity contribution < 1.29 is 13.2 Å². The van der Waals surface area contributed by atoms with Crippen LogP contribution in [0.3, 0.4) is 0 Å². The van der Waals surface area contributed by atoms with Gasteiger partial charge in [-0.2, -0.15) is 4.31 Å². The van der Waals surface area contributed by atoms with Crippen molar-refractivity contribution in [3.63, 3.8) is 0 Å². The first-order chi connectivity index (χ1) is 14.4. The van der Waals surface area contributed by atoms with Gasteiger partial charge in [-0.15, -0.1) is 0 Å². The van der Waals surface area contributed by atoms with E-state index >= 15 is 0 Å². The minimum atomic E-state index is -3.65. The van der Waals surface area contributed by atoms with Crippen molar-refractivity contribution in [1.29, 1.82) is 0 Å². The lowest BCUT2D eigenvalue weighted by atomic mass is 10.1. The van der Waals surface area contributed by atoms with Crippen molar-refractivity contribution in [2.45, 2.75) is 38.0 Å². The van der Waals surface area contributed by atoms with Gasteiger partial charge in [-0.05, 0) is 49.6 Å². The second-order valence-corrected chi connectivity index (χ2v) is 9.41. The summed E-state index contributed by atoms with van der Waals surface area (Å²) in [6.45, 7) is 6.07. The van der Waals surface area contributed by atoms with Crippen LogP contribution in [0.15, 0.2) is 41.4 Å². The molecule has 30 heavy (non-hydrogen) atoms. The van der Waals surface area contributed by atoms with Crippen LogP contribution >= 0.6 is 11.6 Å². The quantitative estimate of drug-likeness (QED) is 0.644. The molecule has 1 N–H and O–H groups in total. The summed E-state index contributed by atoms with van der Waals surface area (Å²) in [4.78, 5) is 19.1. The van der Waals surface area contributed by atoms with Crippen LogP contribution in [0.4, 0.5) is 11.4 Å². The first-order valence-electron chi connectivity index (χ1n) is 10.2. The van der Waals surface area contributed by atoms with Gasteiger partial charge in [-0.3, -0.25) is 4.79 Å². The zero-order valence-corrected chi connectivity index (χ0v) is 18.8. The SMILES string of the molecule is CCN(CC)S(=O)(=O)c1ccc(N2CCCCC2)c(NC(=O)c2cccnc2Cl)c1. The highest BCUT2D eigenvalue weighted by Crippen LogP contribution is 2.32. The summed E-state index contributed by atoms with van der Waals surface area (Å²) in [5.41, 5.74) is 1.50. The summed E-state index contributed by atoms with van der Waals surface area (Å²) < 4.78 is 27.4. The monoisotopic (exact) mass is 450 g/mol. The Balaban J connectivity index is 2.02. The van der Waals surface area contributed by atoms with Gasteiger partial charge in [0, 0.05) is 32.4 Å². The highest BCUT2D eigenvalue weighted by molar-refractivity contribution is 7.89. The summed E-state index contributed by atoms with van der Waals surface area (Å²) in [5.74, 6) is -0.427. The number of nitrogens with one attached hydrogen (secondary N) is 1. The number of rotatable bonds is 7. The number of hydrogen-bond acceptors (Lipinski definition) is 5. The third-order valence-corrected chi connectivity index (χ3v) is 7.61. The van der Waals surface area contributed by atoms with E-state index < -0.39 is 15.9 Å². The van der Waals surface area contributed by atoms with E-state index in [1.54, 1.807) is 44.2 Å². The smallest absolute Gasteiger partial charge is 0.258 e. The minimum absolute atomic E-state index is 0.0986. The topological polar surface area (TPSA) is 82.6 Å². The molecule has 0 atom stereocenters. The van der Waals surface area contributed by atoms with Crippen molar-refractivity contribution >= 4 is 38.9 Å². The summed E-state index contributed by atoms with van der Waals surface area (Å²) in [6, 6.07) is 8.15. The highest BCUT2D eigenvalue weighted by atomic mass is 35.5. The van der Waals surface area contributed by atoms with E-state index in [0.29, 0.717) is 18.8 Å². The first kappa shape index (κ1) is 22.5. The number of pyridine rings is 1. The third kappa shape index (κ3) is 4.77. The summed E-state index contributed by atoms with van der Waals surface area (Å²) in [5, 5.41) is 2.96. The van der Waals surface area contributed by atoms with Crippen LogP contribution in [0, 0.1) is 0 Å². The lowest BCUT2D eigenvalue weighted by Crippen LogP contribution is -2.32. The maximum absolute atomic E-state index is 13.0. The molecular weight excluding hydrogens is 424 g/mol. The molecule has 1 saturated heterocycles. The third-order valence-electron chi connectivity index (χ3n) is 5.26. The number of carbonyl (C=O) groups excluding carboxylic acids is 1. The van der Waals surface area contributed by atoms with Gasteiger partial charge in [-0.25, -0.2) is 13.4 Å². The minimum Gasteiger partial charge on any atom is -0.370 e. The molecule has 0 unspecified atom stereocenters. The van der Waals surface area contributed by atoms with Crippen molar-refractivity contribution in [3.8, 4) is 0 Å². The van der Waals surface area contributed by atoms with E-state index in [1.165, 1.54) is 10.5 Å².